The van der Waals surface area contributed by atoms with Crippen molar-refractivity contribution < 1.29 is 14.6 Å². The van der Waals surface area contributed by atoms with E-state index in [9.17, 15) is 0 Å². The van der Waals surface area contributed by atoms with Gasteiger partial charge in [0.25, 0.3) is 0 Å². The van der Waals surface area contributed by atoms with Crippen LogP contribution in [0.2, 0.25) is 0 Å². The molecule has 2 rings (SSSR count). The normalized spacial score (nSPS) is 29.1. The molecule has 2 aliphatic carbocycles. The topological polar surface area (TPSA) is 38.7 Å². The third-order valence-electron chi connectivity index (χ3n) is 5.77. The van der Waals surface area contributed by atoms with Crippen LogP contribution in [0.3, 0.4) is 0 Å². The molecule has 0 aliphatic heterocycles. The van der Waals surface area contributed by atoms with Crippen LogP contribution in [0.15, 0.2) is 0 Å². The van der Waals surface area contributed by atoms with Crippen molar-refractivity contribution in [2.75, 3.05) is 25.2 Å². The Labute approximate surface area is 170 Å². The predicted molar refractivity (Wildman–Crippen MR) is 114 cm³/mol. The Morgan fingerprint density at radius 1 is 0.731 bits per heavy atom. The number of ether oxygens (including phenoxy) is 2. The van der Waals surface area contributed by atoms with Crippen molar-refractivity contribution in [3.05, 3.63) is 0 Å². The van der Waals surface area contributed by atoms with Crippen molar-refractivity contribution in [2.45, 2.75) is 103 Å². The van der Waals surface area contributed by atoms with E-state index in [1.54, 1.807) is 0 Å². The van der Waals surface area contributed by atoms with Crippen molar-refractivity contribution >= 4 is 15.9 Å². The fourth-order valence-corrected chi connectivity index (χ4v) is 4.37. The van der Waals surface area contributed by atoms with Gasteiger partial charge in [0.15, 0.2) is 0 Å². The summed E-state index contributed by atoms with van der Waals surface area (Å²) in [6.45, 7) is 6.66. The average Bonchev–Trinajstić information content (AvgIpc) is 2.70. The van der Waals surface area contributed by atoms with Crippen molar-refractivity contribution in [1.82, 2.24) is 0 Å². The van der Waals surface area contributed by atoms with Gasteiger partial charge in [0, 0.05) is 25.2 Å². The minimum atomic E-state index is 0.363. The summed E-state index contributed by atoms with van der Waals surface area (Å²) in [5.74, 6) is 1.46. The first-order valence-electron chi connectivity index (χ1n) is 11.1. The molecule has 0 saturated heterocycles. The van der Waals surface area contributed by atoms with E-state index in [2.05, 4.69) is 29.8 Å². The van der Waals surface area contributed by atoms with Gasteiger partial charge in [0.2, 0.25) is 0 Å². The first-order valence-corrected chi connectivity index (χ1v) is 12.3. The summed E-state index contributed by atoms with van der Waals surface area (Å²) in [4.78, 5) is 0. The molecule has 0 aromatic heterocycles. The number of halogens is 1. The van der Waals surface area contributed by atoms with Crippen molar-refractivity contribution in [3.8, 4) is 0 Å². The molecule has 0 unspecified atom stereocenters. The Morgan fingerprint density at radius 2 is 1.15 bits per heavy atom. The maximum Gasteiger partial charge on any atom is 0.0575 e. The van der Waals surface area contributed by atoms with E-state index in [0.717, 1.165) is 44.8 Å². The van der Waals surface area contributed by atoms with Gasteiger partial charge in [-0.3, -0.25) is 0 Å². The Bertz CT molecular complexity index is 262. The lowest BCUT2D eigenvalue weighted by atomic mass is 9.88. The number of unbranched alkanes of at least 4 members (excludes halogenated alkanes) is 2. The Kier molecular flexibility index (Phi) is 15.3. The van der Waals surface area contributed by atoms with E-state index >= 15 is 0 Å². The maximum atomic E-state index is 8.95. The smallest absolute Gasteiger partial charge is 0.0575 e. The molecule has 2 fully saturated rings. The lowest BCUT2D eigenvalue weighted by molar-refractivity contribution is 0.0102. The number of alkyl halides is 1. The van der Waals surface area contributed by atoms with E-state index in [-0.39, 0.29) is 0 Å². The first kappa shape index (κ1) is 24.4. The van der Waals surface area contributed by atoms with Gasteiger partial charge < -0.3 is 14.6 Å². The van der Waals surface area contributed by atoms with Gasteiger partial charge in [-0.15, -0.1) is 0 Å². The lowest BCUT2D eigenvalue weighted by Crippen LogP contribution is -2.23. The van der Waals surface area contributed by atoms with Crippen molar-refractivity contribution in [3.63, 3.8) is 0 Å². The van der Waals surface area contributed by atoms with Gasteiger partial charge in [0.05, 0.1) is 12.2 Å². The first-order chi connectivity index (χ1) is 12.7. The Morgan fingerprint density at radius 3 is 1.50 bits per heavy atom. The minimum absolute atomic E-state index is 0.363. The highest BCUT2D eigenvalue weighted by Crippen LogP contribution is 2.27. The van der Waals surface area contributed by atoms with Crippen LogP contribution >= 0.6 is 15.9 Å². The number of rotatable bonds is 10. The van der Waals surface area contributed by atoms with E-state index in [1.165, 1.54) is 56.7 Å². The monoisotopic (exact) mass is 434 g/mol. The standard InChI is InChI=1S/C11H21BrO.C11H22O2/c2*1-2-3-8-13-11-6-4-10(9-12)5-7-11/h10-11H,2-9H2,1H3;10-12H,2-9H2,1H3. The molecule has 0 atom stereocenters. The van der Waals surface area contributed by atoms with Gasteiger partial charge in [0.1, 0.15) is 0 Å². The average molecular weight is 435 g/mol. The largest absolute Gasteiger partial charge is 0.396 e. The summed E-state index contributed by atoms with van der Waals surface area (Å²) in [6, 6.07) is 0. The summed E-state index contributed by atoms with van der Waals surface area (Å²) < 4.78 is 11.5. The van der Waals surface area contributed by atoms with E-state index < -0.39 is 0 Å². The second-order valence-electron chi connectivity index (χ2n) is 8.07. The molecule has 156 valence electrons. The number of hydrogen-bond donors (Lipinski definition) is 1. The van der Waals surface area contributed by atoms with Crippen molar-refractivity contribution in [2.24, 2.45) is 11.8 Å². The summed E-state index contributed by atoms with van der Waals surface area (Å²) >= 11 is 3.55. The Hall–Kier alpha value is 0.360. The van der Waals surface area contributed by atoms with Crippen LogP contribution in [0.4, 0.5) is 0 Å². The fraction of sp³-hybridized carbons (Fsp3) is 1.00. The zero-order valence-electron chi connectivity index (χ0n) is 17.3. The Balaban J connectivity index is 0.000000260. The summed E-state index contributed by atoms with van der Waals surface area (Å²) in [5, 5.41) is 10.1. The maximum absolute atomic E-state index is 8.95. The van der Waals surface area contributed by atoms with E-state index in [1.807, 2.05) is 0 Å². The van der Waals surface area contributed by atoms with Crippen LogP contribution in [0.25, 0.3) is 0 Å². The molecule has 0 aromatic rings. The molecule has 0 spiro atoms. The molecular weight excluding hydrogens is 392 g/mol. The minimum Gasteiger partial charge on any atom is -0.396 e. The third kappa shape index (κ3) is 11.3. The third-order valence-corrected chi connectivity index (χ3v) is 6.68. The fourth-order valence-electron chi connectivity index (χ4n) is 3.72. The number of hydrogen-bond acceptors (Lipinski definition) is 3. The SMILES string of the molecule is CCCCOC1CCC(CBr)CC1.CCCCOC1CCC(CO)CC1. The molecular formula is C22H43BrO3. The predicted octanol–water partition coefficient (Wildman–Crippen LogP) is 6.11. The van der Waals surface area contributed by atoms with Crippen LogP contribution in [0.5, 0.6) is 0 Å². The van der Waals surface area contributed by atoms with Crippen LogP contribution in [0.1, 0.15) is 90.9 Å². The van der Waals surface area contributed by atoms with Crippen LogP contribution in [-0.2, 0) is 9.47 Å². The van der Waals surface area contributed by atoms with Crippen LogP contribution in [0, 0.1) is 11.8 Å². The van der Waals surface area contributed by atoms with E-state index in [4.69, 9.17) is 14.6 Å². The highest BCUT2D eigenvalue weighted by Gasteiger charge is 2.21. The molecule has 0 bridgehead atoms. The molecule has 0 heterocycles. The lowest BCUT2D eigenvalue weighted by Gasteiger charge is -2.27. The molecule has 2 aliphatic rings. The summed E-state index contributed by atoms with van der Waals surface area (Å²) in [6.07, 6.45) is 15.8. The molecule has 3 nitrogen and oxygen atoms in total. The molecule has 0 radical (unpaired) electrons. The quantitative estimate of drug-likeness (QED) is 0.332. The molecule has 2 saturated carbocycles. The second-order valence-corrected chi connectivity index (χ2v) is 8.72. The van der Waals surface area contributed by atoms with Crippen molar-refractivity contribution in [1.29, 1.82) is 0 Å². The molecule has 0 amide bonds. The highest BCUT2D eigenvalue weighted by atomic mass is 79.9. The van der Waals surface area contributed by atoms with Gasteiger partial charge in [-0.25, -0.2) is 0 Å². The molecule has 26 heavy (non-hydrogen) atoms. The summed E-state index contributed by atoms with van der Waals surface area (Å²) in [5.41, 5.74) is 0. The van der Waals surface area contributed by atoms with Gasteiger partial charge in [-0.1, -0.05) is 42.6 Å². The zero-order valence-corrected chi connectivity index (χ0v) is 18.9. The molecule has 0 aromatic carbocycles. The van der Waals surface area contributed by atoms with Crippen LogP contribution < -0.4 is 0 Å². The highest BCUT2D eigenvalue weighted by molar-refractivity contribution is 9.09. The van der Waals surface area contributed by atoms with Crippen LogP contribution in [-0.4, -0.2) is 42.5 Å². The van der Waals surface area contributed by atoms with Gasteiger partial charge >= 0.3 is 0 Å². The molecule has 1 N–H and O–H groups in total. The zero-order chi connectivity index (χ0) is 19.0. The van der Waals surface area contributed by atoms with Gasteiger partial charge in [-0.2, -0.15) is 0 Å². The molecule has 4 heteroatoms. The number of aliphatic hydroxyl groups is 1. The number of aliphatic hydroxyl groups excluding tert-OH is 1. The van der Waals surface area contributed by atoms with E-state index in [0.29, 0.717) is 24.7 Å². The van der Waals surface area contributed by atoms with Gasteiger partial charge in [-0.05, 0) is 76.0 Å². The second kappa shape index (κ2) is 16.3. The summed E-state index contributed by atoms with van der Waals surface area (Å²) in [7, 11) is 0.